The Bertz CT molecular complexity index is 2360. The third-order valence-corrected chi connectivity index (χ3v) is 20.4. The van der Waals surface area contributed by atoms with Crippen molar-refractivity contribution < 1.29 is 18.9 Å². The Labute approximate surface area is 522 Å². The van der Waals surface area contributed by atoms with Crippen LogP contribution in [0.4, 0.5) is 0 Å². The van der Waals surface area contributed by atoms with Crippen molar-refractivity contribution in [2.75, 3.05) is 106 Å². The molecule has 0 amide bonds. The number of ether oxygens (including phenoxy) is 4. The minimum absolute atomic E-state index is 0.184. The molecule has 5 rings (SSSR count). The molecule has 0 N–H and O–H groups in total. The van der Waals surface area contributed by atoms with Crippen molar-refractivity contribution in [2.45, 2.75) is 130 Å². The van der Waals surface area contributed by atoms with Gasteiger partial charge in [-0.2, -0.15) is 0 Å². The number of benzene rings is 4. The molecule has 0 heterocycles. The van der Waals surface area contributed by atoms with E-state index in [1.165, 1.54) is 22.3 Å². The quantitative estimate of drug-likeness (QED) is 0.0695. The van der Waals surface area contributed by atoms with Gasteiger partial charge in [0.1, 0.15) is 40.3 Å². The molecule has 4 aromatic rings. The highest BCUT2D eigenvalue weighted by Crippen LogP contribution is 2.45. The Balaban J connectivity index is 1.97. The molecule has 16 heteroatoms. The zero-order valence-corrected chi connectivity index (χ0v) is 58.3. The lowest BCUT2D eigenvalue weighted by Crippen LogP contribution is -2.20. The van der Waals surface area contributed by atoms with Gasteiger partial charge in [0, 0.05) is 105 Å². The third-order valence-electron chi connectivity index (χ3n) is 13.6. The topological polar surface area (TPSA) is 49.9 Å². The molecule has 0 saturated carbocycles. The van der Waals surface area contributed by atoms with Crippen LogP contribution in [0.25, 0.3) is 0 Å². The third kappa shape index (κ3) is 19.6. The molecule has 0 aromatic heterocycles. The van der Waals surface area contributed by atoms with Crippen molar-refractivity contribution in [3.63, 3.8) is 0 Å². The summed E-state index contributed by atoms with van der Waals surface area (Å²) in [6.45, 7) is 29.6. The second-order valence-electron chi connectivity index (χ2n) is 25.6. The summed E-state index contributed by atoms with van der Waals surface area (Å²) in [5, 5.41) is 0. The van der Waals surface area contributed by atoms with Gasteiger partial charge in [0.15, 0.2) is 0 Å². The van der Waals surface area contributed by atoms with E-state index in [0.717, 1.165) is 84.8 Å². The molecule has 0 unspecified atom stereocenters. The number of thioether (sulfide) groups is 4. The highest BCUT2D eigenvalue weighted by Gasteiger charge is 2.30. The van der Waals surface area contributed by atoms with Crippen LogP contribution in [-0.4, -0.2) is 143 Å². The molecular formula is C64H92N4O4S8. The molecule has 1 aliphatic rings. The summed E-state index contributed by atoms with van der Waals surface area (Å²) in [5.74, 6) is 6.37. The van der Waals surface area contributed by atoms with Gasteiger partial charge >= 0.3 is 0 Å². The molecular weight excluding hydrogens is 1150 g/mol. The van der Waals surface area contributed by atoms with E-state index in [-0.39, 0.29) is 21.7 Å². The van der Waals surface area contributed by atoms with Crippen LogP contribution in [0, 0.1) is 0 Å². The molecule has 440 valence electrons. The summed E-state index contributed by atoms with van der Waals surface area (Å²) in [6.07, 6.45) is 2.29. The Morgan fingerprint density at radius 1 is 0.325 bits per heavy atom. The standard InChI is InChI=1S/C64H92N4O4S8/c1-61(2,3)49-33-41-29-43-35-50(62(4,5)6)37-45(54(43)70-22-26-78-58(74)66(15)16)31-47-39-52(64(10,11)12)40-48(56(47)72-24-28-80-60(76)68(19)20)32-46-38-51(63(7,8)9)36-44(55(46)71-23-27-79-59(75)67(17)18)30-42(34-49)53(41)69-21-25-77-57(73)65(13)14/h33-40H,21-32H2,1-20H3. The van der Waals surface area contributed by atoms with Crippen LogP contribution in [-0.2, 0) is 47.3 Å². The maximum absolute atomic E-state index is 7.24. The molecule has 80 heavy (non-hydrogen) atoms. The van der Waals surface area contributed by atoms with E-state index in [1.807, 2.05) is 76.0 Å². The first kappa shape index (κ1) is 67.8. The van der Waals surface area contributed by atoms with Gasteiger partial charge < -0.3 is 38.5 Å². The summed E-state index contributed by atoms with van der Waals surface area (Å²) in [5.41, 5.74) is 13.1. The highest BCUT2D eigenvalue weighted by molar-refractivity contribution is 8.24. The van der Waals surface area contributed by atoms with Gasteiger partial charge in [-0.25, -0.2) is 0 Å². The molecule has 8 bridgehead atoms. The molecule has 8 nitrogen and oxygen atoms in total. The van der Waals surface area contributed by atoms with Crippen molar-refractivity contribution in [3.8, 4) is 23.0 Å². The Morgan fingerprint density at radius 3 is 0.600 bits per heavy atom. The Hall–Kier alpha value is -2.96. The van der Waals surface area contributed by atoms with Gasteiger partial charge in [-0.3, -0.25) is 0 Å². The fourth-order valence-electron chi connectivity index (χ4n) is 8.97. The summed E-state index contributed by atoms with van der Waals surface area (Å²) in [4.78, 5) is 7.95. The van der Waals surface area contributed by atoms with Crippen molar-refractivity contribution in [3.05, 3.63) is 115 Å². The Morgan fingerprint density at radius 2 is 0.475 bits per heavy atom. The summed E-state index contributed by atoms with van der Waals surface area (Å²) in [6, 6.07) is 19.1. The van der Waals surface area contributed by atoms with E-state index in [2.05, 4.69) is 132 Å². The monoisotopic (exact) mass is 1240 g/mol. The summed E-state index contributed by atoms with van der Waals surface area (Å²) in [7, 11) is 16.0. The van der Waals surface area contributed by atoms with Crippen LogP contribution in [0.1, 0.15) is 150 Å². The average molecular weight is 1240 g/mol. The molecule has 1 aliphatic carbocycles. The van der Waals surface area contributed by atoms with Gasteiger partial charge in [-0.1, -0.05) is 228 Å². The lowest BCUT2D eigenvalue weighted by atomic mass is 9.79. The number of hydrogen-bond acceptors (Lipinski definition) is 12. The minimum Gasteiger partial charge on any atom is -0.492 e. The average Bonchev–Trinajstić information content (AvgIpc) is 3.34. The minimum atomic E-state index is -0.184. The largest absolute Gasteiger partial charge is 0.492 e. The highest BCUT2D eigenvalue weighted by atomic mass is 32.2. The predicted molar refractivity (Wildman–Crippen MR) is 369 cm³/mol. The molecule has 4 aromatic carbocycles. The van der Waals surface area contributed by atoms with Gasteiger partial charge in [-0.05, 0) is 88.4 Å². The SMILES string of the molecule is CN(C)C(=S)SCCOc1c2cc(C(C)(C)C)cc1Cc1cc(C(C)(C)C)cc(c1OCCSC(=S)N(C)C)Cc1cc(C(C)(C)C)cc(c1OCCSC(=S)N(C)C)Cc1cc(C(C)(C)C)cc(c1OCCSC(=S)N(C)C)C2. The Kier molecular flexibility index (Phi) is 24.8. The van der Waals surface area contributed by atoms with Crippen LogP contribution >= 0.6 is 95.9 Å². The van der Waals surface area contributed by atoms with Crippen LogP contribution in [0.5, 0.6) is 23.0 Å². The summed E-state index contributed by atoms with van der Waals surface area (Å²) < 4.78 is 32.3. The van der Waals surface area contributed by atoms with Crippen LogP contribution in [0.15, 0.2) is 48.5 Å². The predicted octanol–water partition coefficient (Wildman–Crippen LogP) is 15.4. The van der Waals surface area contributed by atoms with E-state index in [1.54, 1.807) is 47.0 Å². The number of hydrogen-bond donors (Lipinski definition) is 0. The van der Waals surface area contributed by atoms with E-state index >= 15 is 0 Å². The first-order chi connectivity index (χ1) is 37.1. The van der Waals surface area contributed by atoms with Gasteiger partial charge in [0.25, 0.3) is 0 Å². The lowest BCUT2D eigenvalue weighted by Gasteiger charge is -2.29. The number of fused-ring (bicyclic) bond motifs is 8. The van der Waals surface area contributed by atoms with Crippen molar-refractivity contribution in [2.24, 2.45) is 0 Å². The van der Waals surface area contributed by atoms with Crippen LogP contribution in [0.3, 0.4) is 0 Å². The van der Waals surface area contributed by atoms with Crippen LogP contribution < -0.4 is 18.9 Å². The van der Waals surface area contributed by atoms with Crippen molar-refractivity contribution in [1.29, 1.82) is 0 Å². The molecule has 0 aliphatic heterocycles. The van der Waals surface area contributed by atoms with Crippen molar-refractivity contribution >= 4 is 113 Å². The van der Waals surface area contributed by atoms with E-state index in [9.17, 15) is 0 Å². The molecule has 0 radical (unpaired) electrons. The smallest absolute Gasteiger partial charge is 0.135 e. The number of thiocarbonyl (C=S) groups is 4. The second kappa shape index (κ2) is 29.2. The first-order valence-electron chi connectivity index (χ1n) is 27.7. The molecule has 0 fully saturated rings. The zero-order chi connectivity index (χ0) is 59.7. The number of rotatable bonds is 16. The molecule has 0 saturated heterocycles. The fraction of sp³-hybridized carbons (Fsp3) is 0.562. The fourth-order valence-corrected chi connectivity index (χ4v) is 12.4. The van der Waals surface area contributed by atoms with Crippen molar-refractivity contribution in [1.82, 2.24) is 19.6 Å². The van der Waals surface area contributed by atoms with Crippen LogP contribution in [0.2, 0.25) is 0 Å². The molecule has 0 spiro atoms. The number of nitrogens with zero attached hydrogens (tertiary/aromatic N) is 4. The van der Waals surface area contributed by atoms with E-state index < -0.39 is 0 Å². The molecule has 0 atom stereocenters. The lowest BCUT2D eigenvalue weighted by molar-refractivity contribution is 0.329. The van der Waals surface area contributed by atoms with E-state index in [4.69, 9.17) is 67.8 Å². The maximum Gasteiger partial charge on any atom is 0.135 e. The second-order valence-corrected chi connectivity index (χ2v) is 32.5. The zero-order valence-electron chi connectivity index (χ0n) is 51.8. The van der Waals surface area contributed by atoms with E-state index in [0.29, 0.717) is 75.1 Å². The maximum atomic E-state index is 7.24. The van der Waals surface area contributed by atoms with Gasteiger partial charge in [0.05, 0.1) is 26.4 Å². The van der Waals surface area contributed by atoms with Gasteiger partial charge in [-0.15, -0.1) is 0 Å². The first-order valence-corrected chi connectivity index (χ1v) is 33.3. The summed E-state index contributed by atoms with van der Waals surface area (Å²) >= 11 is 29.6. The van der Waals surface area contributed by atoms with Gasteiger partial charge in [0.2, 0.25) is 0 Å². The normalized spacial score (nSPS) is 12.8.